The maximum absolute atomic E-state index is 13.5. The number of halogens is 2. The Morgan fingerprint density at radius 1 is 1.29 bits per heavy atom. The minimum absolute atomic E-state index is 0. The number of rotatable bonds is 3. The highest BCUT2D eigenvalue weighted by Gasteiger charge is 2.17. The molecule has 0 bridgehead atoms. The molecule has 0 spiro atoms. The smallest absolute Gasteiger partial charge is 0.361 e. The average molecular weight is 304 g/mol. The zero-order chi connectivity index (χ0) is 11.4. The number of nitrogens with zero attached hydrogens (tertiary/aromatic N) is 1. The van der Waals surface area contributed by atoms with Crippen molar-refractivity contribution in [2.24, 2.45) is 5.92 Å². The van der Waals surface area contributed by atoms with Crippen LogP contribution in [0.3, 0.4) is 0 Å². The van der Waals surface area contributed by atoms with Gasteiger partial charge in [-0.15, -0.1) is 21.4 Å². The lowest BCUT2D eigenvalue weighted by Gasteiger charge is -2.19. The summed E-state index contributed by atoms with van der Waals surface area (Å²) in [6.07, 6.45) is 9.53. The van der Waals surface area contributed by atoms with Gasteiger partial charge in [0.1, 0.15) is 0 Å². The summed E-state index contributed by atoms with van der Waals surface area (Å²) in [7, 11) is 0. The van der Waals surface area contributed by atoms with E-state index in [4.69, 9.17) is 5.73 Å². The van der Waals surface area contributed by atoms with Gasteiger partial charge >= 0.3 is 5.95 Å². The number of aromatic nitrogens is 1. The van der Waals surface area contributed by atoms with Gasteiger partial charge in [0.2, 0.25) is 0 Å². The Bertz CT molecular complexity index is 351. The molecule has 1 heterocycles. The summed E-state index contributed by atoms with van der Waals surface area (Å²) >= 11 is 0. The highest BCUT2D eigenvalue weighted by Crippen LogP contribution is 2.26. The first-order chi connectivity index (χ1) is 7.75. The molecule has 0 unspecified atom stereocenters. The third-order valence-corrected chi connectivity index (χ3v) is 3.51. The van der Waals surface area contributed by atoms with Gasteiger partial charge in [0.25, 0.3) is 0 Å². The van der Waals surface area contributed by atoms with Gasteiger partial charge in [-0.25, -0.2) is 0 Å². The summed E-state index contributed by atoms with van der Waals surface area (Å²) in [4.78, 5) is 0. The van der Waals surface area contributed by atoms with Crippen LogP contribution < -0.4 is 10.3 Å². The van der Waals surface area contributed by atoms with Gasteiger partial charge in [0.15, 0.2) is 12.7 Å². The maximum Gasteiger partial charge on any atom is 0.361 e. The molecular weight excluding hydrogens is 283 g/mol. The molecule has 0 amide bonds. The fourth-order valence-corrected chi connectivity index (χ4v) is 2.49. The first kappa shape index (κ1) is 14.4. The van der Waals surface area contributed by atoms with Crippen LogP contribution >= 0.6 is 17.0 Å². The third kappa shape index (κ3) is 4.26. The Balaban J connectivity index is 0.00000144. The van der Waals surface area contributed by atoms with Crippen LogP contribution in [0.1, 0.15) is 38.5 Å². The summed E-state index contributed by atoms with van der Waals surface area (Å²) in [5.74, 6) is 0.564. The van der Waals surface area contributed by atoms with Gasteiger partial charge in [-0.3, -0.25) is 0 Å². The number of anilines is 1. The number of nitrogen functional groups attached to an aromatic ring is 1. The molecule has 1 aromatic heterocycles. The Labute approximate surface area is 113 Å². The Kier molecular flexibility index (Phi) is 5.89. The van der Waals surface area contributed by atoms with E-state index in [-0.39, 0.29) is 22.9 Å². The van der Waals surface area contributed by atoms with Crippen molar-refractivity contribution >= 4 is 22.7 Å². The van der Waals surface area contributed by atoms with Crippen molar-refractivity contribution < 1.29 is 8.96 Å². The highest BCUT2D eigenvalue weighted by atomic mass is 79.9. The molecule has 2 rings (SSSR count). The lowest BCUT2D eigenvalue weighted by atomic mass is 9.87. The van der Waals surface area contributed by atoms with Crippen molar-refractivity contribution in [2.75, 3.05) is 5.73 Å². The van der Waals surface area contributed by atoms with Crippen molar-refractivity contribution in [2.45, 2.75) is 45.1 Å². The Morgan fingerprint density at radius 3 is 2.65 bits per heavy atom. The van der Waals surface area contributed by atoms with Crippen molar-refractivity contribution in [3.63, 3.8) is 0 Å². The predicted molar refractivity (Wildman–Crippen MR) is 72.5 cm³/mol. The van der Waals surface area contributed by atoms with Crippen LogP contribution in [0.5, 0.6) is 0 Å². The molecule has 1 aliphatic rings. The Hall–Kier alpha value is -0.640. The van der Waals surface area contributed by atoms with E-state index in [1.807, 2.05) is 0 Å². The molecule has 0 aliphatic heterocycles. The largest absolute Gasteiger partial charge is 0.398 e. The molecule has 1 aromatic rings. The number of nitrogens with two attached hydrogens (primary N) is 1. The quantitative estimate of drug-likeness (QED) is 0.674. The average Bonchev–Trinajstić information content (AvgIpc) is 2.29. The van der Waals surface area contributed by atoms with Crippen LogP contribution in [-0.4, -0.2) is 0 Å². The summed E-state index contributed by atoms with van der Waals surface area (Å²) in [5, 5.41) is 0. The summed E-state index contributed by atoms with van der Waals surface area (Å²) < 4.78 is 15.1. The molecule has 1 saturated carbocycles. The number of hydrogen-bond donors (Lipinski definition) is 1. The first-order valence-electron chi connectivity index (χ1n) is 6.20. The molecular formula is C13H21BrFN2+. The molecule has 0 atom stereocenters. The minimum atomic E-state index is -0.226. The normalized spacial score (nSPS) is 16.5. The number of hydrogen-bond acceptors (Lipinski definition) is 1. The zero-order valence-electron chi connectivity index (χ0n) is 10.1. The third-order valence-electron chi connectivity index (χ3n) is 3.51. The molecule has 0 aromatic carbocycles. The molecule has 2 N–H and O–H groups in total. The first-order valence-corrected chi connectivity index (χ1v) is 6.20. The van der Waals surface area contributed by atoms with Gasteiger partial charge in [-0.2, -0.15) is 4.57 Å². The summed E-state index contributed by atoms with van der Waals surface area (Å²) in [6, 6.07) is 3.14. The standard InChI is InChI=1S/C13H19FN2.BrH/c14-13-10-12(15)7-9-16(13)8-6-11-4-2-1-3-5-11;/h7,9-11,15H,1-6,8H2;1H/p+1. The second kappa shape index (κ2) is 6.94. The van der Waals surface area contributed by atoms with E-state index in [0.29, 0.717) is 5.69 Å². The number of aryl methyl sites for hydroxylation is 1. The monoisotopic (exact) mass is 303 g/mol. The van der Waals surface area contributed by atoms with Crippen LogP contribution in [-0.2, 0) is 6.54 Å². The molecule has 17 heavy (non-hydrogen) atoms. The fourth-order valence-electron chi connectivity index (χ4n) is 2.49. The second-order valence-electron chi connectivity index (χ2n) is 4.77. The van der Waals surface area contributed by atoms with Gasteiger partial charge in [0, 0.05) is 18.2 Å². The molecule has 4 heteroatoms. The van der Waals surface area contributed by atoms with Crippen LogP contribution in [0.4, 0.5) is 10.1 Å². The lowest BCUT2D eigenvalue weighted by Crippen LogP contribution is -2.38. The molecule has 1 fully saturated rings. The van der Waals surface area contributed by atoms with E-state index in [9.17, 15) is 4.39 Å². The highest BCUT2D eigenvalue weighted by molar-refractivity contribution is 8.93. The van der Waals surface area contributed by atoms with Crippen LogP contribution in [0.15, 0.2) is 18.3 Å². The van der Waals surface area contributed by atoms with Crippen LogP contribution in [0, 0.1) is 11.9 Å². The topological polar surface area (TPSA) is 29.9 Å². The van der Waals surface area contributed by atoms with Crippen LogP contribution in [0.25, 0.3) is 0 Å². The van der Waals surface area contributed by atoms with Crippen molar-refractivity contribution in [1.29, 1.82) is 0 Å². The molecule has 0 saturated heterocycles. The minimum Gasteiger partial charge on any atom is -0.398 e. The van der Waals surface area contributed by atoms with Gasteiger partial charge in [-0.05, 0) is 5.92 Å². The predicted octanol–water partition coefficient (Wildman–Crippen LogP) is 3.24. The van der Waals surface area contributed by atoms with Gasteiger partial charge < -0.3 is 5.73 Å². The number of pyridine rings is 1. The summed E-state index contributed by atoms with van der Waals surface area (Å²) in [6.45, 7) is 0.775. The fraction of sp³-hybridized carbons (Fsp3) is 0.615. The lowest BCUT2D eigenvalue weighted by molar-refractivity contribution is -0.725. The van der Waals surface area contributed by atoms with E-state index in [1.54, 1.807) is 16.8 Å². The molecule has 0 radical (unpaired) electrons. The van der Waals surface area contributed by atoms with E-state index >= 15 is 0 Å². The van der Waals surface area contributed by atoms with E-state index in [0.717, 1.165) is 18.9 Å². The summed E-state index contributed by atoms with van der Waals surface area (Å²) in [5.41, 5.74) is 6.01. The SMILES string of the molecule is Br.Nc1cc[n+](CCC2CCCCC2)c(F)c1. The van der Waals surface area contributed by atoms with Crippen molar-refractivity contribution in [1.82, 2.24) is 0 Å². The second-order valence-corrected chi connectivity index (χ2v) is 4.77. The van der Waals surface area contributed by atoms with Crippen LogP contribution in [0.2, 0.25) is 0 Å². The van der Waals surface area contributed by atoms with Gasteiger partial charge in [0.05, 0.1) is 6.07 Å². The Morgan fingerprint density at radius 2 is 2.00 bits per heavy atom. The van der Waals surface area contributed by atoms with Crippen molar-refractivity contribution in [3.8, 4) is 0 Å². The molecule has 96 valence electrons. The van der Waals surface area contributed by atoms with Crippen molar-refractivity contribution in [3.05, 3.63) is 24.3 Å². The van der Waals surface area contributed by atoms with E-state index in [2.05, 4.69) is 0 Å². The van der Waals surface area contributed by atoms with E-state index in [1.165, 1.54) is 38.2 Å². The van der Waals surface area contributed by atoms with E-state index < -0.39 is 0 Å². The molecule has 2 nitrogen and oxygen atoms in total. The maximum atomic E-state index is 13.5. The molecule has 1 aliphatic carbocycles. The zero-order valence-corrected chi connectivity index (χ0v) is 11.8. The van der Waals surface area contributed by atoms with Gasteiger partial charge in [-0.1, -0.05) is 32.1 Å².